The molecule has 0 aliphatic rings. The van der Waals surface area contributed by atoms with Crippen molar-refractivity contribution in [1.29, 1.82) is 0 Å². The molecule has 0 N–H and O–H groups in total. The van der Waals surface area contributed by atoms with E-state index in [1.54, 1.807) is 13.2 Å². The summed E-state index contributed by atoms with van der Waals surface area (Å²) in [5.41, 5.74) is 2.24. The van der Waals surface area contributed by atoms with E-state index in [-0.39, 0.29) is 5.82 Å². The van der Waals surface area contributed by atoms with Crippen LogP contribution in [0.4, 0.5) is 4.39 Å². The molecule has 0 aliphatic carbocycles. The summed E-state index contributed by atoms with van der Waals surface area (Å²) < 4.78 is 18.7. The van der Waals surface area contributed by atoms with Gasteiger partial charge in [-0.1, -0.05) is 23.2 Å². The van der Waals surface area contributed by atoms with Gasteiger partial charge in [0.05, 0.1) is 18.2 Å². The van der Waals surface area contributed by atoms with E-state index in [2.05, 4.69) is 9.97 Å². The van der Waals surface area contributed by atoms with Crippen molar-refractivity contribution in [1.82, 2.24) is 9.97 Å². The maximum atomic E-state index is 13.4. The van der Waals surface area contributed by atoms with Crippen molar-refractivity contribution in [3.8, 4) is 17.1 Å². The lowest BCUT2D eigenvalue weighted by Crippen LogP contribution is -1.96. The lowest BCUT2D eigenvalue weighted by atomic mass is 10.1. The molecule has 0 radical (unpaired) electrons. The van der Waals surface area contributed by atoms with Crippen LogP contribution < -0.4 is 4.74 Å². The third-order valence-corrected chi connectivity index (χ3v) is 3.50. The highest BCUT2D eigenvalue weighted by atomic mass is 35.5. The maximum absolute atomic E-state index is 13.4. The fourth-order valence-electron chi connectivity index (χ4n) is 2.18. The van der Waals surface area contributed by atoms with Crippen LogP contribution in [-0.4, -0.2) is 17.1 Å². The molecule has 1 heterocycles. The first kappa shape index (κ1) is 13.8. The summed E-state index contributed by atoms with van der Waals surface area (Å²) in [6, 6.07) is 9.95. The molecule has 5 heteroatoms. The summed E-state index contributed by atoms with van der Waals surface area (Å²) in [6.45, 7) is 1.96. The predicted molar refractivity (Wildman–Crippen MR) is 81.2 cm³/mol. The quantitative estimate of drug-likeness (QED) is 0.658. The number of hydrogen-bond acceptors (Lipinski definition) is 3. The summed E-state index contributed by atoms with van der Waals surface area (Å²) in [6.07, 6.45) is 0. The van der Waals surface area contributed by atoms with Gasteiger partial charge in [-0.05, 0) is 31.2 Å². The molecule has 0 fully saturated rings. The van der Waals surface area contributed by atoms with Gasteiger partial charge in [0.2, 0.25) is 0 Å². The number of nitrogens with zero attached hydrogens (tertiary/aromatic N) is 2. The number of rotatable bonds is 2. The zero-order chi connectivity index (χ0) is 15.0. The van der Waals surface area contributed by atoms with E-state index in [1.807, 2.05) is 25.1 Å². The number of ether oxygens (including phenoxy) is 1. The average molecular weight is 303 g/mol. The van der Waals surface area contributed by atoms with Crippen LogP contribution in [0, 0.1) is 12.7 Å². The van der Waals surface area contributed by atoms with Gasteiger partial charge in [-0.25, -0.2) is 14.4 Å². The van der Waals surface area contributed by atoms with Gasteiger partial charge in [-0.2, -0.15) is 0 Å². The normalized spacial score (nSPS) is 10.9. The summed E-state index contributed by atoms with van der Waals surface area (Å²) in [4.78, 5) is 8.70. The number of halogens is 2. The van der Waals surface area contributed by atoms with Crippen molar-refractivity contribution < 1.29 is 9.13 Å². The van der Waals surface area contributed by atoms with Gasteiger partial charge < -0.3 is 4.74 Å². The van der Waals surface area contributed by atoms with Crippen LogP contribution in [0.5, 0.6) is 5.75 Å². The minimum atomic E-state index is -0.362. The Labute approximate surface area is 126 Å². The molecule has 2 aromatic carbocycles. The topological polar surface area (TPSA) is 35.0 Å². The van der Waals surface area contributed by atoms with Gasteiger partial charge >= 0.3 is 0 Å². The van der Waals surface area contributed by atoms with E-state index >= 15 is 0 Å². The number of hydrogen-bond donors (Lipinski definition) is 0. The van der Waals surface area contributed by atoms with Gasteiger partial charge in [0.1, 0.15) is 16.7 Å². The molecule has 0 saturated carbocycles. The third kappa shape index (κ3) is 2.54. The Bertz CT molecular complexity index is 836. The van der Waals surface area contributed by atoms with Crippen molar-refractivity contribution in [2.45, 2.75) is 6.92 Å². The molecule has 1 aromatic heterocycles. The Balaban J connectivity index is 2.28. The van der Waals surface area contributed by atoms with Crippen LogP contribution in [0.1, 0.15) is 5.56 Å². The zero-order valence-corrected chi connectivity index (χ0v) is 12.3. The smallest absolute Gasteiger partial charge is 0.165 e. The first-order chi connectivity index (χ1) is 10.1. The van der Waals surface area contributed by atoms with E-state index in [1.165, 1.54) is 12.1 Å². The summed E-state index contributed by atoms with van der Waals surface area (Å²) in [7, 11) is 1.58. The number of fused-ring (bicyclic) bond motifs is 1. The molecular formula is C16H12ClFN2O. The molecule has 0 spiro atoms. The minimum Gasteiger partial charge on any atom is -0.496 e. The van der Waals surface area contributed by atoms with Crippen LogP contribution in [0.2, 0.25) is 5.15 Å². The molecule has 3 rings (SSSR count). The van der Waals surface area contributed by atoms with Crippen molar-refractivity contribution in [2.75, 3.05) is 7.11 Å². The van der Waals surface area contributed by atoms with Crippen molar-refractivity contribution in [3.05, 3.63) is 52.9 Å². The van der Waals surface area contributed by atoms with Crippen LogP contribution >= 0.6 is 11.6 Å². The zero-order valence-electron chi connectivity index (χ0n) is 11.5. The third-order valence-electron chi connectivity index (χ3n) is 3.21. The molecular weight excluding hydrogens is 291 g/mol. The first-order valence-corrected chi connectivity index (χ1v) is 6.74. The molecule has 3 aromatic rings. The van der Waals surface area contributed by atoms with E-state index in [4.69, 9.17) is 16.3 Å². The second-order valence-electron chi connectivity index (χ2n) is 4.70. The van der Waals surface area contributed by atoms with Crippen molar-refractivity contribution in [3.63, 3.8) is 0 Å². The van der Waals surface area contributed by atoms with E-state index in [9.17, 15) is 4.39 Å². The minimum absolute atomic E-state index is 0.290. The standard InChI is InChI=1S/C16H12ClFN2O/c1-9-3-6-14(21-2)12(7-9)16-19-13-8-10(18)4-5-11(13)15(17)20-16/h3-8H,1-2H3. The summed E-state index contributed by atoms with van der Waals surface area (Å²) in [5.74, 6) is 0.700. The number of methoxy groups -OCH3 is 1. The van der Waals surface area contributed by atoms with Crippen LogP contribution in [0.3, 0.4) is 0 Å². The van der Waals surface area contributed by atoms with Gasteiger partial charge in [0.25, 0.3) is 0 Å². The molecule has 0 atom stereocenters. The first-order valence-electron chi connectivity index (χ1n) is 6.36. The Morgan fingerprint density at radius 1 is 1.10 bits per heavy atom. The summed E-state index contributed by atoms with van der Waals surface area (Å²) in [5, 5.41) is 0.909. The monoisotopic (exact) mass is 302 g/mol. The van der Waals surface area contributed by atoms with Crippen molar-refractivity contribution >= 4 is 22.5 Å². The Hall–Kier alpha value is -2.20. The van der Waals surface area contributed by atoms with Gasteiger partial charge in [-0.3, -0.25) is 0 Å². The fourth-order valence-corrected chi connectivity index (χ4v) is 2.42. The van der Waals surface area contributed by atoms with Crippen LogP contribution in [0.15, 0.2) is 36.4 Å². The molecule has 3 nitrogen and oxygen atoms in total. The highest BCUT2D eigenvalue weighted by Gasteiger charge is 2.13. The molecule has 0 unspecified atom stereocenters. The van der Waals surface area contributed by atoms with E-state index in [0.717, 1.165) is 11.1 Å². The molecule has 21 heavy (non-hydrogen) atoms. The maximum Gasteiger partial charge on any atom is 0.165 e. The highest BCUT2D eigenvalue weighted by molar-refractivity contribution is 6.34. The predicted octanol–water partition coefficient (Wildman–Crippen LogP) is 4.41. The SMILES string of the molecule is COc1ccc(C)cc1-c1nc(Cl)c2ccc(F)cc2n1. The van der Waals surface area contributed by atoms with Crippen LogP contribution in [-0.2, 0) is 0 Å². The number of aromatic nitrogens is 2. The Morgan fingerprint density at radius 3 is 2.67 bits per heavy atom. The largest absolute Gasteiger partial charge is 0.496 e. The second kappa shape index (κ2) is 5.30. The van der Waals surface area contributed by atoms with E-state index < -0.39 is 0 Å². The average Bonchev–Trinajstić information content (AvgIpc) is 2.46. The lowest BCUT2D eigenvalue weighted by Gasteiger charge is -2.10. The summed E-state index contributed by atoms with van der Waals surface area (Å²) >= 11 is 6.19. The van der Waals surface area contributed by atoms with Crippen LogP contribution in [0.25, 0.3) is 22.3 Å². The molecule has 0 saturated heterocycles. The Kier molecular flexibility index (Phi) is 3.47. The van der Waals surface area contributed by atoms with Gasteiger partial charge in [-0.15, -0.1) is 0 Å². The molecule has 0 aliphatic heterocycles. The molecule has 0 bridgehead atoms. The molecule has 0 amide bonds. The number of aryl methyl sites for hydroxylation is 1. The molecule has 106 valence electrons. The van der Waals surface area contributed by atoms with Crippen molar-refractivity contribution in [2.24, 2.45) is 0 Å². The van der Waals surface area contributed by atoms with E-state index in [0.29, 0.717) is 27.6 Å². The van der Waals surface area contributed by atoms with Gasteiger partial charge in [0.15, 0.2) is 5.82 Å². The highest BCUT2D eigenvalue weighted by Crippen LogP contribution is 2.31. The Morgan fingerprint density at radius 2 is 1.90 bits per heavy atom. The second-order valence-corrected chi connectivity index (χ2v) is 5.06. The van der Waals surface area contributed by atoms with Gasteiger partial charge in [0, 0.05) is 11.5 Å². The fraction of sp³-hybridized carbons (Fsp3) is 0.125. The lowest BCUT2D eigenvalue weighted by molar-refractivity contribution is 0.416. The number of benzene rings is 2.